The normalized spacial score (nSPS) is 10.8. The van der Waals surface area contributed by atoms with Gasteiger partial charge in [0.25, 0.3) is 0 Å². The first-order chi connectivity index (χ1) is 9.63. The molecular formula is C17H26ClNO. The van der Waals surface area contributed by atoms with Crippen molar-refractivity contribution >= 4 is 17.5 Å². The van der Waals surface area contributed by atoms with E-state index in [1.165, 1.54) is 11.1 Å². The van der Waals surface area contributed by atoms with Crippen LogP contribution in [0.1, 0.15) is 44.2 Å². The molecule has 0 heterocycles. The van der Waals surface area contributed by atoms with Crippen molar-refractivity contribution in [1.82, 2.24) is 4.90 Å². The van der Waals surface area contributed by atoms with Crippen molar-refractivity contribution in [3.05, 3.63) is 35.4 Å². The maximum atomic E-state index is 12.4. The Labute approximate surface area is 128 Å². The second-order valence-electron chi connectivity index (χ2n) is 5.17. The Morgan fingerprint density at radius 3 is 2.45 bits per heavy atom. The fourth-order valence-electron chi connectivity index (χ4n) is 2.61. The predicted molar refractivity (Wildman–Crippen MR) is 86.3 cm³/mol. The Morgan fingerprint density at radius 2 is 1.90 bits per heavy atom. The van der Waals surface area contributed by atoms with Crippen LogP contribution in [0.15, 0.2) is 24.3 Å². The molecule has 0 saturated carbocycles. The molecule has 0 unspecified atom stereocenters. The molecular weight excluding hydrogens is 270 g/mol. The van der Waals surface area contributed by atoms with Gasteiger partial charge in [0.2, 0.25) is 5.91 Å². The second-order valence-corrected chi connectivity index (χ2v) is 5.55. The van der Waals surface area contributed by atoms with E-state index in [4.69, 9.17) is 11.6 Å². The standard InChI is InChI=1S/C17H26ClNO/c1-4-16(5-2)19(13-12-18)17(20)11-10-15-9-7-6-8-14(15)3/h6-9,16H,4-5,10-13H2,1-3H3. The lowest BCUT2D eigenvalue weighted by molar-refractivity contribution is -0.133. The van der Waals surface area contributed by atoms with Crippen molar-refractivity contribution in [2.24, 2.45) is 0 Å². The van der Waals surface area contributed by atoms with Crippen molar-refractivity contribution in [2.75, 3.05) is 12.4 Å². The van der Waals surface area contributed by atoms with Crippen LogP contribution in [0.3, 0.4) is 0 Å². The lowest BCUT2D eigenvalue weighted by Crippen LogP contribution is -2.41. The molecule has 0 spiro atoms. The van der Waals surface area contributed by atoms with Gasteiger partial charge in [-0.05, 0) is 37.3 Å². The first-order valence-electron chi connectivity index (χ1n) is 7.53. The zero-order valence-electron chi connectivity index (χ0n) is 12.9. The van der Waals surface area contributed by atoms with Crippen molar-refractivity contribution in [2.45, 2.75) is 52.5 Å². The molecule has 20 heavy (non-hydrogen) atoms. The van der Waals surface area contributed by atoms with Crippen LogP contribution in [-0.4, -0.2) is 29.3 Å². The Morgan fingerprint density at radius 1 is 1.25 bits per heavy atom. The van der Waals surface area contributed by atoms with E-state index in [2.05, 4.69) is 32.9 Å². The van der Waals surface area contributed by atoms with Gasteiger partial charge in [-0.15, -0.1) is 11.6 Å². The van der Waals surface area contributed by atoms with Crippen LogP contribution in [-0.2, 0) is 11.2 Å². The fraction of sp³-hybridized carbons (Fsp3) is 0.588. The van der Waals surface area contributed by atoms with Crippen molar-refractivity contribution < 1.29 is 4.79 Å². The maximum absolute atomic E-state index is 12.4. The third-order valence-corrected chi connectivity index (χ3v) is 4.07. The molecule has 0 aliphatic rings. The highest BCUT2D eigenvalue weighted by Crippen LogP contribution is 2.14. The smallest absolute Gasteiger partial charge is 0.223 e. The van der Waals surface area contributed by atoms with E-state index in [9.17, 15) is 4.79 Å². The van der Waals surface area contributed by atoms with E-state index in [-0.39, 0.29) is 5.91 Å². The minimum Gasteiger partial charge on any atom is -0.339 e. The van der Waals surface area contributed by atoms with Crippen molar-refractivity contribution in [1.29, 1.82) is 0 Å². The average molecular weight is 296 g/mol. The number of benzene rings is 1. The van der Waals surface area contributed by atoms with E-state index >= 15 is 0 Å². The summed E-state index contributed by atoms with van der Waals surface area (Å²) in [5.41, 5.74) is 2.52. The summed E-state index contributed by atoms with van der Waals surface area (Å²) in [4.78, 5) is 14.4. The predicted octanol–water partition coefficient (Wildman–Crippen LogP) is 4.18. The van der Waals surface area contributed by atoms with Crippen LogP contribution in [0.4, 0.5) is 0 Å². The van der Waals surface area contributed by atoms with Crippen LogP contribution >= 0.6 is 11.6 Å². The SMILES string of the molecule is CCC(CC)N(CCCl)C(=O)CCc1ccccc1C. The van der Waals surface area contributed by atoms with E-state index < -0.39 is 0 Å². The number of carbonyl (C=O) groups excluding carboxylic acids is 1. The molecule has 0 atom stereocenters. The molecule has 1 aromatic rings. The summed E-state index contributed by atoms with van der Waals surface area (Å²) in [6, 6.07) is 8.58. The number of rotatable bonds is 8. The number of nitrogens with zero attached hydrogens (tertiary/aromatic N) is 1. The number of aryl methyl sites for hydroxylation is 2. The zero-order valence-corrected chi connectivity index (χ0v) is 13.6. The van der Waals surface area contributed by atoms with Crippen LogP contribution < -0.4 is 0 Å². The van der Waals surface area contributed by atoms with Gasteiger partial charge in [0, 0.05) is 24.9 Å². The van der Waals surface area contributed by atoms with E-state index in [1.807, 2.05) is 17.0 Å². The molecule has 1 amide bonds. The highest BCUT2D eigenvalue weighted by molar-refractivity contribution is 6.18. The molecule has 0 aliphatic carbocycles. The van der Waals surface area contributed by atoms with E-state index in [1.54, 1.807) is 0 Å². The molecule has 0 aliphatic heterocycles. The molecule has 0 aromatic heterocycles. The summed E-state index contributed by atoms with van der Waals surface area (Å²) >= 11 is 5.85. The van der Waals surface area contributed by atoms with Gasteiger partial charge < -0.3 is 4.90 Å². The van der Waals surface area contributed by atoms with Crippen LogP contribution in [0.2, 0.25) is 0 Å². The van der Waals surface area contributed by atoms with Crippen LogP contribution in [0.25, 0.3) is 0 Å². The summed E-state index contributed by atoms with van der Waals surface area (Å²) in [6.45, 7) is 7.01. The largest absolute Gasteiger partial charge is 0.339 e. The van der Waals surface area contributed by atoms with E-state index in [0.29, 0.717) is 24.9 Å². The monoisotopic (exact) mass is 295 g/mol. The Kier molecular flexibility index (Phi) is 7.68. The van der Waals surface area contributed by atoms with Gasteiger partial charge in [0.05, 0.1) is 0 Å². The lowest BCUT2D eigenvalue weighted by Gasteiger charge is -2.30. The van der Waals surface area contributed by atoms with Gasteiger partial charge in [0.15, 0.2) is 0 Å². The number of halogens is 1. The number of carbonyl (C=O) groups is 1. The molecule has 1 aromatic carbocycles. The Hall–Kier alpha value is -1.02. The molecule has 0 N–H and O–H groups in total. The molecule has 3 heteroatoms. The first kappa shape index (κ1) is 17.0. The Bertz CT molecular complexity index is 415. The summed E-state index contributed by atoms with van der Waals surface area (Å²) in [6.07, 6.45) is 3.36. The molecule has 0 fully saturated rings. The molecule has 0 saturated heterocycles. The topological polar surface area (TPSA) is 20.3 Å². The second kappa shape index (κ2) is 9.02. The summed E-state index contributed by atoms with van der Waals surface area (Å²) in [5, 5.41) is 0. The van der Waals surface area contributed by atoms with Gasteiger partial charge >= 0.3 is 0 Å². The highest BCUT2D eigenvalue weighted by atomic mass is 35.5. The fourth-order valence-corrected chi connectivity index (χ4v) is 2.79. The van der Waals surface area contributed by atoms with E-state index in [0.717, 1.165) is 19.3 Å². The number of alkyl halides is 1. The number of amides is 1. The van der Waals surface area contributed by atoms with Crippen LogP contribution in [0.5, 0.6) is 0 Å². The van der Waals surface area contributed by atoms with Gasteiger partial charge in [0.1, 0.15) is 0 Å². The lowest BCUT2D eigenvalue weighted by atomic mass is 10.0. The summed E-state index contributed by atoms with van der Waals surface area (Å²) < 4.78 is 0. The minimum atomic E-state index is 0.225. The minimum absolute atomic E-state index is 0.225. The van der Waals surface area contributed by atoms with Crippen molar-refractivity contribution in [3.8, 4) is 0 Å². The molecule has 0 radical (unpaired) electrons. The van der Waals surface area contributed by atoms with Gasteiger partial charge in [-0.25, -0.2) is 0 Å². The summed E-state index contributed by atoms with van der Waals surface area (Å²) in [5.74, 6) is 0.731. The zero-order chi connectivity index (χ0) is 15.0. The Balaban J connectivity index is 2.64. The third kappa shape index (κ3) is 4.82. The van der Waals surface area contributed by atoms with Gasteiger partial charge in [-0.2, -0.15) is 0 Å². The van der Waals surface area contributed by atoms with Gasteiger partial charge in [-0.3, -0.25) is 4.79 Å². The first-order valence-corrected chi connectivity index (χ1v) is 8.07. The molecule has 0 bridgehead atoms. The molecule has 1 rings (SSSR count). The molecule has 112 valence electrons. The van der Waals surface area contributed by atoms with Gasteiger partial charge in [-0.1, -0.05) is 38.1 Å². The summed E-state index contributed by atoms with van der Waals surface area (Å²) in [7, 11) is 0. The average Bonchev–Trinajstić information content (AvgIpc) is 2.46. The quantitative estimate of drug-likeness (QED) is 0.659. The number of hydrogen-bond donors (Lipinski definition) is 0. The maximum Gasteiger partial charge on any atom is 0.223 e. The highest BCUT2D eigenvalue weighted by Gasteiger charge is 2.20. The van der Waals surface area contributed by atoms with Crippen LogP contribution in [0, 0.1) is 6.92 Å². The molecule has 2 nitrogen and oxygen atoms in total. The van der Waals surface area contributed by atoms with Crippen molar-refractivity contribution in [3.63, 3.8) is 0 Å². The number of hydrogen-bond acceptors (Lipinski definition) is 1. The third-order valence-electron chi connectivity index (χ3n) is 3.90.